The van der Waals surface area contributed by atoms with Crippen LogP contribution in [0.3, 0.4) is 0 Å². The van der Waals surface area contributed by atoms with Crippen LogP contribution >= 0.6 is 0 Å². The van der Waals surface area contributed by atoms with E-state index in [2.05, 4.69) is 15.5 Å². The number of amides is 1. The minimum Gasteiger partial charge on any atom is -0.320 e. The Balaban J connectivity index is 1.60. The van der Waals surface area contributed by atoms with Gasteiger partial charge in [0.2, 0.25) is 5.91 Å². The molecule has 0 aliphatic heterocycles. The molecule has 3 rings (SSSR count). The molecule has 128 valence electrons. The van der Waals surface area contributed by atoms with Crippen molar-refractivity contribution in [3.63, 3.8) is 0 Å². The maximum atomic E-state index is 12.9. The number of anilines is 1. The van der Waals surface area contributed by atoms with Crippen LogP contribution in [0.1, 0.15) is 16.8 Å². The van der Waals surface area contributed by atoms with E-state index in [4.69, 9.17) is 0 Å². The lowest BCUT2D eigenvalue weighted by Gasteiger charge is -2.01. The van der Waals surface area contributed by atoms with Gasteiger partial charge in [-0.1, -0.05) is 12.1 Å². The Bertz CT molecular complexity index is 908. The molecular formula is C18H18FN5O. The molecule has 1 amide bonds. The second kappa shape index (κ2) is 7.12. The quantitative estimate of drug-likeness (QED) is 0.727. The summed E-state index contributed by atoms with van der Waals surface area (Å²) >= 11 is 0. The zero-order valence-corrected chi connectivity index (χ0v) is 14.0. The summed E-state index contributed by atoms with van der Waals surface area (Å²) in [6.45, 7) is 2.39. The average Bonchev–Trinajstić information content (AvgIpc) is 3.13. The molecule has 25 heavy (non-hydrogen) atoms. The monoisotopic (exact) mass is 339 g/mol. The van der Waals surface area contributed by atoms with E-state index in [1.54, 1.807) is 40.0 Å². The minimum absolute atomic E-state index is 0.246. The number of rotatable bonds is 5. The Morgan fingerprint density at radius 1 is 1.28 bits per heavy atom. The van der Waals surface area contributed by atoms with Crippen LogP contribution in [0.2, 0.25) is 0 Å². The van der Waals surface area contributed by atoms with Crippen molar-refractivity contribution in [1.29, 1.82) is 0 Å². The van der Waals surface area contributed by atoms with Crippen molar-refractivity contribution in [2.75, 3.05) is 5.32 Å². The maximum Gasteiger partial charge on any atom is 0.248 e. The number of hydrogen-bond acceptors (Lipinski definition) is 3. The number of carbonyl (C=O) groups excluding carboxylic acids is 1. The van der Waals surface area contributed by atoms with E-state index in [1.165, 1.54) is 18.2 Å². The van der Waals surface area contributed by atoms with E-state index < -0.39 is 0 Å². The SMILES string of the molecule is Cc1nn(C)cc1/C=C\C(=O)Nc1cnn(Cc2ccc(F)cc2)c1. The van der Waals surface area contributed by atoms with Crippen molar-refractivity contribution in [2.45, 2.75) is 13.5 Å². The molecule has 1 aromatic carbocycles. The zero-order chi connectivity index (χ0) is 17.8. The van der Waals surface area contributed by atoms with Crippen molar-refractivity contribution in [2.24, 2.45) is 7.05 Å². The van der Waals surface area contributed by atoms with Crippen LogP contribution in [0.25, 0.3) is 6.08 Å². The van der Waals surface area contributed by atoms with Crippen LogP contribution in [-0.4, -0.2) is 25.5 Å². The van der Waals surface area contributed by atoms with E-state index in [0.717, 1.165) is 16.8 Å². The number of hydrogen-bond donors (Lipinski definition) is 1. The molecule has 2 aromatic heterocycles. The molecule has 0 aliphatic carbocycles. The summed E-state index contributed by atoms with van der Waals surface area (Å²) in [5, 5.41) is 11.2. The zero-order valence-electron chi connectivity index (χ0n) is 14.0. The Hall–Kier alpha value is -3.22. The second-order valence-electron chi connectivity index (χ2n) is 5.72. The molecular weight excluding hydrogens is 321 g/mol. The highest BCUT2D eigenvalue weighted by molar-refractivity contribution is 6.01. The summed E-state index contributed by atoms with van der Waals surface area (Å²) < 4.78 is 16.3. The smallest absolute Gasteiger partial charge is 0.248 e. The van der Waals surface area contributed by atoms with Gasteiger partial charge in [0, 0.05) is 31.1 Å². The third kappa shape index (κ3) is 4.41. The summed E-state index contributed by atoms with van der Waals surface area (Å²) in [5.41, 5.74) is 3.28. The molecule has 7 heteroatoms. The van der Waals surface area contributed by atoms with E-state index in [9.17, 15) is 9.18 Å². The lowest BCUT2D eigenvalue weighted by Crippen LogP contribution is -2.07. The van der Waals surface area contributed by atoms with Crippen molar-refractivity contribution in [3.05, 3.63) is 71.6 Å². The third-order valence-electron chi connectivity index (χ3n) is 3.62. The highest BCUT2D eigenvalue weighted by Crippen LogP contribution is 2.10. The second-order valence-corrected chi connectivity index (χ2v) is 5.72. The largest absolute Gasteiger partial charge is 0.320 e. The topological polar surface area (TPSA) is 64.7 Å². The number of aryl methyl sites for hydroxylation is 2. The van der Waals surface area contributed by atoms with Crippen molar-refractivity contribution in [3.8, 4) is 0 Å². The fourth-order valence-corrected chi connectivity index (χ4v) is 2.42. The van der Waals surface area contributed by atoms with Gasteiger partial charge in [0.1, 0.15) is 5.82 Å². The van der Waals surface area contributed by atoms with Gasteiger partial charge in [-0.05, 0) is 30.7 Å². The fourth-order valence-electron chi connectivity index (χ4n) is 2.42. The van der Waals surface area contributed by atoms with E-state index in [1.807, 2.05) is 20.2 Å². The molecule has 6 nitrogen and oxygen atoms in total. The Labute approximate surface area is 144 Å². The highest BCUT2D eigenvalue weighted by Gasteiger charge is 2.04. The number of aromatic nitrogens is 4. The number of halogens is 1. The van der Waals surface area contributed by atoms with Crippen LogP contribution in [-0.2, 0) is 18.4 Å². The standard InChI is InChI=1S/C18H18FN5O/c1-13-15(11-23(2)22-13)5-8-18(25)21-17-9-20-24(12-17)10-14-3-6-16(19)7-4-14/h3-9,11-12H,10H2,1-2H3,(H,21,25)/b8-5-. The molecule has 0 unspecified atom stereocenters. The summed E-state index contributed by atoms with van der Waals surface area (Å²) in [6.07, 6.45) is 8.33. The summed E-state index contributed by atoms with van der Waals surface area (Å²) in [6, 6.07) is 6.22. The van der Waals surface area contributed by atoms with Gasteiger partial charge in [-0.2, -0.15) is 10.2 Å². The number of nitrogens with zero attached hydrogens (tertiary/aromatic N) is 4. The Morgan fingerprint density at radius 2 is 2.04 bits per heavy atom. The van der Waals surface area contributed by atoms with Gasteiger partial charge in [0.15, 0.2) is 0 Å². The van der Waals surface area contributed by atoms with Gasteiger partial charge >= 0.3 is 0 Å². The number of nitrogens with one attached hydrogen (secondary N) is 1. The number of carbonyl (C=O) groups is 1. The van der Waals surface area contributed by atoms with E-state index >= 15 is 0 Å². The van der Waals surface area contributed by atoms with Gasteiger partial charge < -0.3 is 5.32 Å². The first-order valence-corrected chi connectivity index (χ1v) is 7.76. The predicted octanol–water partition coefficient (Wildman–Crippen LogP) is 2.76. The van der Waals surface area contributed by atoms with Crippen LogP contribution < -0.4 is 5.32 Å². The summed E-state index contributed by atoms with van der Waals surface area (Å²) in [5.74, 6) is -0.516. The predicted molar refractivity (Wildman–Crippen MR) is 93.3 cm³/mol. The Morgan fingerprint density at radius 3 is 2.72 bits per heavy atom. The first-order valence-electron chi connectivity index (χ1n) is 7.76. The third-order valence-corrected chi connectivity index (χ3v) is 3.62. The first kappa shape index (κ1) is 16.6. The van der Waals surface area contributed by atoms with E-state index in [0.29, 0.717) is 12.2 Å². The van der Waals surface area contributed by atoms with Gasteiger partial charge in [-0.3, -0.25) is 14.2 Å². The first-order chi connectivity index (χ1) is 12.0. The van der Waals surface area contributed by atoms with Crippen molar-refractivity contribution >= 4 is 17.7 Å². The molecule has 0 fully saturated rings. The van der Waals surface area contributed by atoms with E-state index in [-0.39, 0.29) is 11.7 Å². The Kier molecular flexibility index (Phi) is 4.74. The summed E-state index contributed by atoms with van der Waals surface area (Å²) in [4.78, 5) is 12.0. The molecule has 2 heterocycles. The molecule has 0 radical (unpaired) electrons. The normalized spacial score (nSPS) is 11.2. The lowest BCUT2D eigenvalue weighted by molar-refractivity contribution is -0.111. The van der Waals surface area contributed by atoms with Crippen molar-refractivity contribution < 1.29 is 9.18 Å². The summed E-state index contributed by atoms with van der Waals surface area (Å²) in [7, 11) is 1.83. The maximum absolute atomic E-state index is 12.9. The van der Waals surface area contributed by atoms with Gasteiger partial charge in [0.05, 0.1) is 24.1 Å². The molecule has 0 saturated heterocycles. The molecule has 1 N–H and O–H groups in total. The molecule has 0 spiro atoms. The van der Waals surface area contributed by atoms with Gasteiger partial charge in [-0.25, -0.2) is 4.39 Å². The molecule has 3 aromatic rings. The molecule has 0 saturated carbocycles. The van der Waals surface area contributed by atoms with Gasteiger partial charge in [-0.15, -0.1) is 0 Å². The fraction of sp³-hybridized carbons (Fsp3) is 0.167. The molecule has 0 aliphatic rings. The molecule has 0 atom stereocenters. The van der Waals surface area contributed by atoms with Crippen LogP contribution in [0, 0.1) is 12.7 Å². The molecule has 0 bridgehead atoms. The van der Waals surface area contributed by atoms with Crippen LogP contribution in [0.4, 0.5) is 10.1 Å². The average molecular weight is 339 g/mol. The number of benzene rings is 1. The van der Waals surface area contributed by atoms with Crippen LogP contribution in [0.5, 0.6) is 0 Å². The minimum atomic E-state index is -0.271. The van der Waals surface area contributed by atoms with Crippen LogP contribution in [0.15, 0.2) is 48.9 Å². The highest BCUT2D eigenvalue weighted by atomic mass is 19.1. The lowest BCUT2D eigenvalue weighted by atomic mass is 10.2. The van der Waals surface area contributed by atoms with Gasteiger partial charge in [0.25, 0.3) is 0 Å². The van der Waals surface area contributed by atoms with Crippen molar-refractivity contribution in [1.82, 2.24) is 19.6 Å².